The van der Waals surface area contributed by atoms with E-state index in [4.69, 9.17) is 21.1 Å². The van der Waals surface area contributed by atoms with E-state index in [1.807, 2.05) is 27.7 Å². The highest BCUT2D eigenvalue weighted by Gasteiger charge is 2.53. The smallest absolute Gasteiger partial charge is 0.402 e. The number of nitrogens with one attached hydrogen (secondary N) is 1. The molecule has 1 saturated heterocycles. The predicted molar refractivity (Wildman–Crippen MR) is 68.3 cm³/mol. The van der Waals surface area contributed by atoms with Crippen LogP contribution in [0.2, 0.25) is 0 Å². The van der Waals surface area contributed by atoms with Crippen LogP contribution in [0, 0.1) is 5.92 Å². The Morgan fingerprint density at radius 1 is 1.12 bits per heavy atom. The Morgan fingerprint density at radius 2 is 1.56 bits per heavy atom. The van der Waals surface area contributed by atoms with Crippen molar-refractivity contribution in [3.63, 3.8) is 0 Å². The maximum absolute atomic E-state index is 5.95. The van der Waals surface area contributed by atoms with Gasteiger partial charge < -0.3 is 9.31 Å². The van der Waals surface area contributed by atoms with Crippen molar-refractivity contribution in [2.45, 2.75) is 65.1 Å². The molecule has 0 amide bonds. The predicted octanol–water partition coefficient (Wildman–Crippen LogP) is 2.78. The molecule has 1 rings (SSSR count). The van der Waals surface area contributed by atoms with Gasteiger partial charge in [0.25, 0.3) is 0 Å². The summed E-state index contributed by atoms with van der Waals surface area (Å²) in [6.45, 7) is 12.5. The molecule has 0 aromatic rings. The van der Waals surface area contributed by atoms with Gasteiger partial charge in [0.15, 0.2) is 0 Å². The number of halogens is 1. The van der Waals surface area contributed by atoms with Crippen LogP contribution in [0.5, 0.6) is 0 Å². The standard InChI is InChI=1S/C11H23BClNO2/c1-8(2)7-9(14-13)12-15-10(3,4)11(5,6)16-12/h8-9,14H,7H2,1-6H3/t9-/m0/s1. The molecule has 1 N–H and O–H groups in total. The van der Waals surface area contributed by atoms with Gasteiger partial charge >= 0.3 is 7.12 Å². The Bertz CT molecular complexity index is 230. The Hall–Kier alpha value is 0.235. The van der Waals surface area contributed by atoms with E-state index in [1.54, 1.807) is 0 Å². The van der Waals surface area contributed by atoms with Crippen LogP contribution in [0.25, 0.3) is 0 Å². The average Bonchev–Trinajstić information content (AvgIpc) is 2.31. The first kappa shape index (κ1) is 14.3. The lowest BCUT2D eigenvalue weighted by molar-refractivity contribution is 0.00578. The molecule has 5 heteroatoms. The molecule has 0 aliphatic carbocycles. The van der Waals surface area contributed by atoms with E-state index in [-0.39, 0.29) is 24.3 Å². The van der Waals surface area contributed by atoms with Crippen molar-refractivity contribution in [1.82, 2.24) is 4.84 Å². The third-order valence-corrected chi connectivity index (χ3v) is 3.75. The Kier molecular flexibility index (Phi) is 4.33. The summed E-state index contributed by atoms with van der Waals surface area (Å²) in [6.07, 6.45) is 0.931. The molecule has 0 aromatic heterocycles. The molecule has 1 aliphatic rings. The molecule has 0 bridgehead atoms. The lowest BCUT2D eigenvalue weighted by Gasteiger charge is -2.32. The van der Waals surface area contributed by atoms with Crippen LogP contribution >= 0.6 is 11.8 Å². The molecule has 1 aliphatic heterocycles. The molecule has 0 unspecified atom stereocenters. The fourth-order valence-electron chi connectivity index (χ4n) is 1.77. The van der Waals surface area contributed by atoms with Crippen LogP contribution in [0.3, 0.4) is 0 Å². The van der Waals surface area contributed by atoms with E-state index in [9.17, 15) is 0 Å². The van der Waals surface area contributed by atoms with E-state index in [1.165, 1.54) is 0 Å². The second-order valence-electron chi connectivity index (χ2n) is 5.97. The van der Waals surface area contributed by atoms with E-state index < -0.39 is 0 Å². The van der Waals surface area contributed by atoms with E-state index in [0.717, 1.165) is 6.42 Å². The van der Waals surface area contributed by atoms with Gasteiger partial charge in [-0.15, -0.1) is 0 Å². The minimum Gasteiger partial charge on any atom is -0.402 e. The topological polar surface area (TPSA) is 30.5 Å². The number of hydrogen-bond acceptors (Lipinski definition) is 3. The molecule has 0 saturated carbocycles. The molecule has 0 spiro atoms. The monoisotopic (exact) mass is 247 g/mol. The van der Waals surface area contributed by atoms with Gasteiger partial charge in [-0.1, -0.05) is 13.8 Å². The fourth-order valence-corrected chi connectivity index (χ4v) is 1.96. The molecule has 0 aromatic carbocycles. The van der Waals surface area contributed by atoms with Crippen LogP contribution in [-0.2, 0) is 9.31 Å². The molecular formula is C11H23BClNO2. The van der Waals surface area contributed by atoms with Gasteiger partial charge in [0.1, 0.15) is 0 Å². The zero-order valence-corrected chi connectivity index (χ0v) is 11.9. The summed E-state index contributed by atoms with van der Waals surface area (Å²) in [5.41, 5.74) is -0.582. The van der Waals surface area contributed by atoms with Crippen LogP contribution in [-0.4, -0.2) is 24.3 Å². The average molecular weight is 248 g/mol. The van der Waals surface area contributed by atoms with Crippen LogP contribution in [0.1, 0.15) is 48.0 Å². The quantitative estimate of drug-likeness (QED) is 0.612. The highest BCUT2D eigenvalue weighted by atomic mass is 35.5. The third kappa shape index (κ3) is 2.92. The Morgan fingerprint density at radius 3 is 1.88 bits per heavy atom. The zero-order valence-electron chi connectivity index (χ0n) is 11.1. The zero-order chi connectivity index (χ0) is 12.6. The number of hydrogen-bond donors (Lipinski definition) is 1. The van der Waals surface area contributed by atoms with E-state index in [2.05, 4.69) is 18.7 Å². The summed E-state index contributed by atoms with van der Waals surface area (Å²) in [5.74, 6) is 0.581. The molecule has 16 heavy (non-hydrogen) atoms. The Labute approximate surface area is 104 Å². The lowest BCUT2D eigenvalue weighted by Crippen LogP contribution is -2.42. The van der Waals surface area contributed by atoms with Crippen molar-refractivity contribution < 1.29 is 9.31 Å². The fraction of sp³-hybridized carbons (Fsp3) is 1.00. The van der Waals surface area contributed by atoms with Gasteiger partial charge in [0.2, 0.25) is 0 Å². The number of rotatable bonds is 4. The van der Waals surface area contributed by atoms with Crippen LogP contribution in [0.4, 0.5) is 0 Å². The summed E-state index contributed by atoms with van der Waals surface area (Å²) in [5, 5.41) is 0. The van der Waals surface area contributed by atoms with Crippen molar-refractivity contribution in [3.8, 4) is 0 Å². The normalized spacial score (nSPS) is 25.1. The lowest BCUT2D eigenvalue weighted by atomic mass is 9.75. The van der Waals surface area contributed by atoms with Crippen molar-refractivity contribution >= 4 is 18.9 Å². The summed E-state index contributed by atoms with van der Waals surface area (Å²) >= 11 is 5.77. The second kappa shape index (κ2) is 4.85. The van der Waals surface area contributed by atoms with Crippen molar-refractivity contribution in [2.75, 3.05) is 0 Å². The first-order valence-electron chi connectivity index (χ1n) is 5.91. The highest BCUT2D eigenvalue weighted by Crippen LogP contribution is 2.38. The maximum atomic E-state index is 5.95. The summed E-state index contributed by atoms with van der Waals surface area (Å²) < 4.78 is 11.9. The minimum absolute atomic E-state index is 0.0303. The van der Waals surface area contributed by atoms with Crippen molar-refractivity contribution in [1.29, 1.82) is 0 Å². The highest BCUT2D eigenvalue weighted by molar-refractivity contribution is 6.48. The molecule has 3 nitrogen and oxygen atoms in total. The molecule has 1 fully saturated rings. The molecule has 0 radical (unpaired) electrons. The van der Waals surface area contributed by atoms with Gasteiger partial charge in [-0.3, -0.25) is 0 Å². The SMILES string of the molecule is CC(C)C[C@H](NCl)B1OC(C)(C)C(C)(C)O1. The molecule has 94 valence electrons. The largest absolute Gasteiger partial charge is 0.477 e. The summed E-state index contributed by atoms with van der Waals surface area (Å²) in [7, 11) is -0.273. The minimum atomic E-state index is -0.291. The summed E-state index contributed by atoms with van der Waals surface area (Å²) in [6, 6.07) is 0. The van der Waals surface area contributed by atoms with Gasteiger partial charge in [0, 0.05) is 0 Å². The van der Waals surface area contributed by atoms with Gasteiger partial charge in [-0.25, -0.2) is 4.84 Å². The van der Waals surface area contributed by atoms with Gasteiger partial charge in [-0.2, -0.15) is 0 Å². The second-order valence-corrected chi connectivity index (χ2v) is 6.19. The summed E-state index contributed by atoms with van der Waals surface area (Å²) in [4.78, 5) is 2.77. The third-order valence-electron chi connectivity index (χ3n) is 3.47. The molecule has 1 atom stereocenters. The van der Waals surface area contributed by atoms with Crippen molar-refractivity contribution in [2.24, 2.45) is 5.92 Å². The van der Waals surface area contributed by atoms with Gasteiger partial charge in [-0.05, 0) is 51.8 Å². The van der Waals surface area contributed by atoms with Crippen LogP contribution < -0.4 is 4.84 Å². The molecular weight excluding hydrogens is 224 g/mol. The molecule has 1 heterocycles. The van der Waals surface area contributed by atoms with Crippen LogP contribution in [0.15, 0.2) is 0 Å². The maximum Gasteiger partial charge on any atom is 0.477 e. The van der Waals surface area contributed by atoms with Gasteiger partial charge in [0.05, 0.1) is 17.1 Å². The van der Waals surface area contributed by atoms with E-state index in [0.29, 0.717) is 5.92 Å². The first-order chi connectivity index (χ1) is 7.19. The first-order valence-corrected chi connectivity index (χ1v) is 6.29. The van der Waals surface area contributed by atoms with Crippen molar-refractivity contribution in [3.05, 3.63) is 0 Å². The Balaban J connectivity index is 2.69. The van der Waals surface area contributed by atoms with E-state index >= 15 is 0 Å².